The third-order valence-corrected chi connectivity index (χ3v) is 4.24. The normalized spacial score (nSPS) is 18.7. The van der Waals surface area contributed by atoms with Crippen LogP contribution in [0.4, 0.5) is 0 Å². The van der Waals surface area contributed by atoms with Crippen molar-refractivity contribution in [3.63, 3.8) is 0 Å². The van der Waals surface area contributed by atoms with E-state index in [0.29, 0.717) is 25.3 Å². The number of carbonyl (C=O) groups is 2. The molecule has 1 saturated heterocycles. The number of rotatable bonds is 4. The van der Waals surface area contributed by atoms with Crippen LogP contribution in [-0.2, 0) is 21.9 Å². The zero-order valence-electron chi connectivity index (χ0n) is 10.4. The molecular formula is C12H15ClN2O2S. The van der Waals surface area contributed by atoms with Gasteiger partial charge >= 0.3 is 0 Å². The van der Waals surface area contributed by atoms with Crippen LogP contribution in [0.1, 0.15) is 31.0 Å². The molecule has 1 aromatic rings. The minimum Gasteiger partial charge on any atom is -0.282 e. The monoisotopic (exact) mass is 286 g/mol. The highest BCUT2D eigenvalue weighted by molar-refractivity contribution is 7.09. The van der Waals surface area contributed by atoms with Crippen molar-refractivity contribution in [2.75, 3.05) is 6.54 Å². The zero-order valence-corrected chi connectivity index (χ0v) is 12.0. The second-order valence-corrected chi connectivity index (χ2v) is 6.24. The molecule has 0 aliphatic carbocycles. The lowest BCUT2D eigenvalue weighted by Crippen LogP contribution is -2.34. The second kappa shape index (κ2) is 4.97. The maximum Gasteiger partial charge on any atom is 0.235 e. The highest BCUT2D eigenvalue weighted by atomic mass is 35.5. The van der Waals surface area contributed by atoms with Crippen molar-refractivity contribution in [1.29, 1.82) is 0 Å². The minimum atomic E-state index is -0.554. The first-order valence-electron chi connectivity index (χ1n) is 5.78. The lowest BCUT2D eigenvalue weighted by molar-refractivity contribution is -0.140. The van der Waals surface area contributed by atoms with Gasteiger partial charge in [0.05, 0.1) is 22.0 Å². The van der Waals surface area contributed by atoms with Crippen molar-refractivity contribution in [3.05, 3.63) is 16.1 Å². The molecule has 2 rings (SSSR count). The van der Waals surface area contributed by atoms with E-state index in [2.05, 4.69) is 4.98 Å². The molecule has 2 heterocycles. The number of hydrogen-bond acceptors (Lipinski definition) is 4. The molecule has 2 amide bonds. The molecule has 6 heteroatoms. The van der Waals surface area contributed by atoms with Gasteiger partial charge in [-0.25, -0.2) is 4.98 Å². The van der Waals surface area contributed by atoms with E-state index in [1.54, 1.807) is 0 Å². The SMILES string of the molecule is CC1(C)CC(=O)N(CCc2nc(CCl)cs2)C1=O. The van der Waals surface area contributed by atoms with Gasteiger partial charge in [-0.15, -0.1) is 22.9 Å². The predicted octanol–water partition coefficient (Wildman–Crippen LogP) is 2.21. The van der Waals surface area contributed by atoms with E-state index < -0.39 is 5.41 Å². The van der Waals surface area contributed by atoms with Crippen LogP contribution in [-0.4, -0.2) is 28.2 Å². The Hall–Kier alpha value is -0.940. The van der Waals surface area contributed by atoms with E-state index in [1.807, 2.05) is 19.2 Å². The molecule has 0 unspecified atom stereocenters. The fourth-order valence-corrected chi connectivity index (χ4v) is 3.00. The molecule has 0 aromatic carbocycles. The number of likely N-dealkylation sites (tertiary alicyclic amines) is 1. The first-order valence-corrected chi connectivity index (χ1v) is 7.19. The molecule has 1 aromatic heterocycles. The summed E-state index contributed by atoms with van der Waals surface area (Å²) < 4.78 is 0. The maximum absolute atomic E-state index is 12.0. The summed E-state index contributed by atoms with van der Waals surface area (Å²) in [5.74, 6) is 0.228. The Morgan fingerprint density at radius 3 is 2.72 bits per heavy atom. The Kier molecular flexibility index (Phi) is 3.73. The van der Waals surface area contributed by atoms with Gasteiger partial charge in [-0.3, -0.25) is 14.5 Å². The van der Waals surface area contributed by atoms with Gasteiger partial charge in [-0.1, -0.05) is 13.8 Å². The largest absolute Gasteiger partial charge is 0.282 e. The number of thiazole rings is 1. The summed E-state index contributed by atoms with van der Waals surface area (Å²) in [6, 6.07) is 0. The van der Waals surface area contributed by atoms with Crippen molar-refractivity contribution in [3.8, 4) is 0 Å². The zero-order chi connectivity index (χ0) is 13.3. The average Bonchev–Trinajstić information content (AvgIpc) is 2.82. The van der Waals surface area contributed by atoms with Crippen molar-refractivity contribution in [2.45, 2.75) is 32.6 Å². The van der Waals surface area contributed by atoms with Crippen LogP contribution in [0.25, 0.3) is 0 Å². The first-order chi connectivity index (χ1) is 8.44. The smallest absolute Gasteiger partial charge is 0.235 e. The Balaban J connectivity index is 1.98. The Labute approximate surface area is 115 Å². The molecule has 1 aliphatic heterocycles. The third kappa shape index (κ3) is 2.57. The summed E-state index contributed by atoms with van der Waals surface area (Å²) >= 11 is 7.19. The van der Waals surface area contributed by atoms with Gasteiger partial charge in [0.2, 0.25) is 11.8 Å². The molecule has 0 N–H and O–H groups in total. The lowest BCUT2D eigenvalue weighted by Gasteiger charge is -2.16. The van der Waals surface area contributed by atoms with E-state index in [-0.39, 0.29) is 11.8 Å². The van der Waals surface area contributed by atoms with E-state index in [4.69, 9.17) is 11.6 Å². The number of nitrogens with zero attached hydrogens (tertiary/aromatic N) is 2. The highest BCUT2D eigenvalue weighted by Crippen LogP contribution is 2.31. The molecule has 0 saturated carbocycles. The number of hydrogen-bond donors (Lipinski definition) is 0. The van der Waals surface area contributed by atoms with Crippen LogP contribution in [0.15, 0.2) is 5.38 Å². The van der Waals surface area contributed by atoms with E-state index in [9.17, 15) is 9.59 Å². The van der Waals surface area contributed by atoms with Crippen LogP contribution in [0.3, 0.4) is 0 Å². The van der Waals surface area contributed by atoms with Crippen LogP contribution in [0.5, 0.6) is 0 Å². The number of amides is 2. The highest BCUT2D eigenvalue weighted by Gasteiger charge is 2.44. The standard InChI is InChI=1S/C12H15ClN2O2S/c1-12(2)5-10(16)15(11(12)17)4-3-9-14-8(6-13)7-18-9/h7H,3-6H2,1-2H3. The molecule has 98 valence electrons. The van der Waals surface area contributed by atoms with Crippen molar-refractivity contribution >= 4 is 34.8 Å². The molecule has 1 aliphatic rings. The number of halogens is 1. The van der Waals surface area contributed by atoms with Crippen LogP contribution >= 0.6 is 22.9 Å². The summed E-state index contributed by atoms with van der Waals surface area (Å²) in [6.07, 6.45) is 0.908. The number of alkyl halides is 1. The maximum atomic E-state index is 12.0. The molecule has 0 bridgehead atoms. The Bertz CT molecular complexity index is 484. The average molecular weight is 287 g/mol. The summed E-state index contributed by atoms with van der Waals surface area (Å²) in [5, 5.41) is 2.82. The topological polar surface area (TPSA) is 50.3 Å². The van der Waals surface area contributed by atoms with Crippen LogP contribution in [0.2, 0.25) is 0 Å². The van der Waals surface area contributed by atoms with E-state index >= 15 is 0 Å². The Morgan fingerprint density at radius 1 is 1.50 bits per heavy atom. The second-order valence-electron chi connectivity index (χ2n) is 5.03. The van der Waals surface area contributed by atoms with Gasteiger partial charge in [0.25, 0.3) is 0 Å². The molecule has 1 fully saturated rings. The quantitative estimate of drug-likeness (QED) is 0.630. The summed E-state index contributed by atoms with van der Waals surface area (Å²) in [7, 11) is 0. The van der Waals surface area contributed by atoms with Crippen LogP contribution < -0.4 is 0 Å². The fraction of sp³-hybridized carbons (Fsp3) is 0.583. The number of imide groups is 1. The molecule has 0 atom stereocenters. The van der Waals surface area contributed by atoms with Crippen molar-refractivity contribution < 1.29 is 9.59 Å². The number of carbonyl (C=O) groups excluding carboxylic acids is 2. The van der Waals surface area contributed by atoms with Gasteiger partial charge in [0.1, 0.15) is 0 Å². The van der Waals surface area contributed by atoms with Gasteiger partial charge in [-0.2, -0.15) is 0 Å². The van der Waals surface area contributed by atoms with Gasteiger partial charge in [-0.05, 0) is 0 Å². The summed E-state index contributed by atoms with van der Waals surface area (Å²) in [4.78, 5) is 29.4. The van der Waals surface area contributed by atoms with Gasteiger partial charge in [0.15, 0.2) is 0 Å². The van der Waals surface area contributed by atoms with Gasteiger partial charge < -0.3 is 0 Å². The number of aromatic nitrogens is 1. The molecule has 4 nitrogen and oxygen atoms in total. The van der Waals surface area contributed by atoms with Gasteiger partial charge in [0, 0.05) is 24.8 Å². The Morgan fingerprint density at radius 2 is 2.22 bits per heavy atom. The van der Waals surface area contributed by atoms with Crippen molar-refractivity contribution in [2.24, 2.45) is 5.41 Å². The molecular weight excluding hydrogens is 272 g/mol. The van der Waals surface area contributed by atoms with Crippen LogP contribution in [0, 0.1) is 5.41 Å². The van der Waals surface area contributed by atoms with E-state index in [0.717, 1.165) is 10.7 Å². The summed E-state index contributed by atoms with van der Waals surface area (Å²) in [5.41, 5.74) is 0.289. The summed E-state index contributed by atoms with van der Waals surface area (Å²) in [6.45, 7) is 4.03. The predicted molar refractivity (Wildman–Crippen MR) is 70.5 cm³/mol. The van der Waals surface area contributed by atoms with E-state index in [1.165, 1.54) is 16.2 Å². The first kappa shape index (κ1) is 13.5. The lowest BCUT2D eigenvalue weighted by atomic mass is 9.92. The molecule has 0 radical (unpaired) electrons. The molecule has 18 heavy (non-hydrogen) atoms. The minimum absolute atomic E-state index is 0.0818. The molecule has 0 spiro atoms. The fourth-order valence-electron chi connectivity index (χ4n) is 1.99. The van der Waals surface area contributed by atoms with Crippen molar-refractivity contribution in [1.82, 2.24) is 9.88 Å². The third-order valence-electron chi connectivity index (χ3n) is 3.00.